The van der Waals surface area contributed by atoms with Gasteiger partial charge >= 0.3 is 0 Å². The highest BCUT2D eigenvalue weighted by molar-refractivity contribution is 7.99. The molecule has 12 heteroatoms. The zero-order chi connectivity index (χ0) is 20.3. The van der Waals surface area contributed by atoms with Crippen molar-refractivity contribution < 1.29 is 14.2 Å². The number of nitrogen functional groups attached to an aromatic ring is 1. The number of hydroxylamine groups is 1. The van der Waals surface area contributed by atoms with E-state index in [1.807, 2.05) is 5.48 Å². The molecule has 3 rings (SSSR count). The van der Waals surface area contributed by atoms with Gasteiger partial charge in [-0.1, -0.05) is 11.6 Å². The molecule has 9 nitrogen and oxygen atoms in total. The first-order chi connectivity index (χ1) is 13.4. The summed E-state index contributed by atoms with van der Waals surface area (Å²) in [5.41, 5.74) is 7.00. The maximum atomic E-state index is 13.2. The summed E-state index contributed by atoms with van der Waals surface area (Å²) >= 11 is 6.97. The molecule has 2 aromatic carbocycles. The molecule has 0 atom stereocenters. The molecule has 0 spiro atoms. The van der Waals surface area contributed by atoms with Crippen LogP contribution in [0.1, 0.15) is 17.7 Å². The van der Waals surface area contributed by atoms with Gasteiger partial charge in [-0.2, -0.15) is 0 Å². The molecule has 0 amide bonds. The Morgan fingerprint density at radius 1 is 1.36 bits per heavy atom. The third-order valence-corrected chi connectivity index (χ3v) is 5.12. The Kier molecular flexibility index (Phi) is 6.07. The number of anilines is 1. The molecular formula is C16H13ClFN5O4S. The molecular weight excluding hydrogens is 413 g/mol. The first-order valence-corrected chi connectivity index (χ1v) is 9.26. The summed E-state index contributed by atoms with van der Waals surface area (Å²) in [5.74, 6) is -0.153. The van der Waals surface area contributed by atoms with Crippen molar-refractivity contribution in [1.29, 1.82) is 0 Å². The zero-order valence-electron chi connectivity index (χ0n) is 14.1. The average Bonchev–Trinajstić information content (AvgIpc) is 3.16. The number of halogens is 2. The van der Waals surface area contributed by atoms with Crippen LogP contribution < -0.4 is 22.1 Å². The number of rotatable bonds is 7. The molecule has 1 aromatic heterocycles. The van der Waals surface area contributed by atoms with Gasteiger partial charge in [-0.05, 0) is 41.4 Å². The molecule has 146 valence electrons. The second-order valence-electron chi connectivity index (χ2n) is 5.59. The molecule has 4 N–H and O–H groups in total. The van der Waals surface area contributed by atoms with Gasteiger partial charge in [0.2, 0.25) is 10.9 Å². The highest BCUT2D eigenvalue weighted by Gasteiger charge is 2.19. The molecule has 0 saturated carbocycles. The van der Waals surface area contributed by atoms with E-state index in [1.165, 1.54) is 23.9 Å². The van der Waals surface area contributed by atoms with E-state index in [0.29, 0.717) is 29.2 Å². The summed E-state index contributed by atoms with van der Waals surface area (Å²) in [7, 11) is 0. The normalized spacial score (nSPS) is 11.9. The molecule has 0 unspecified atom stereocenters. The topological polar surface area (TPSA) is 144 Å². The Bertz CT molecular complexity index is 1110. The third kappa shape index (κ3) is 4.06. The van der Waals surface area contributed by atoms with Crippen molar-refractivity contribution in [3.63, 3.8) is 0 Å². The smallest absolute Gasteiger partial charge is 0.249 e. The number of nitrogens with two attached hydrogens (primary N) is 1. The van der Waals surface area contributed by atoms with Gasteiger partial charge in [0.25, 0.3) is 0 Å². The van der Waals surface area contributed by atoms with Crippen LogP contribution in [0.5, 0.6) is 0 Å². The molecule has 0 aliphatic rings. The van der Waals surface area contributed by atoms with Crippen molar-refractivity contribution in [3.05, 3.63) is 60.7 Å². The minimum atomic E-state index is -0.638. The molecule has 0 bridgehead atoms. The molecule has 3 aromatic rings. The fourth-order valence-corrected chi connectivity index (χ4v) is 3.37. The highest BCUT2D eigenvalue weighted by Crippen LogP contribution is 2.25. The van der Waals surface area contributed by atoms with Gasteiger partial charge in [0.05, 0.1) is 16.4 Å². The van der Waals surface area contributed by atoms with Crippen LogP contribution in [0.15, 0.2) is 42.4 Å². The van der Waals surface area contributed by atoms with Gasteiger partial charge in [-0.25, -0.2) is 14.0 Å². The van der Waals surface area contributed by atoms with Gasteiger partial charge in [-0.3, -0.25) is 20.3 Å². The van der Waals surface area contributed by atoms with Gasteiger partial charge in [0.1, 0.15) is 5.82 Å². The van der Waals surface area contributed by atoms with E-state index in [-0.39, 0.29) is 27.9 Å². The third-order valence-electron chi connectivity index (χ3n) is 3.79. The van der Waals surface area contributed by atoms with Crippen molar-refractivity contribution in [3.8, 4) is 0 Å². The largest absolute Gasteiger partial charge is 0.395 e. The van der Waals surface area contributed by atoms with E-state index >= 15 is 0 Å². The quantitative estimate of drug-likeness (QED) is 0.129. The maximum Gasteiger partial charge on any atom is 0.249 e. The van der Waals surface area contributed by atoms with Gasteiger partial charge in [-0.15, -0.1) is 11.8 Å². The van der Waals surface area contributed by atoms with Gasteiger partial charge < -0.3 is 5.73 Å². The summed E-state index contributed by atoms with van der Waals surface area (Å²) in [6, 6.07) is 3.79. The number of hydrogen-bond donors (Lipinski definition) is 3. The summed E-state index contributed by atoms with van der Waals surface area (Å²) in [6.45, 7) is 0. The van der Waals surface area contributed by atoms with E-state index in [1.54, 1.807) is 0 Å². The lowest BCUT2D eigenvalue weighted by atomic mass is 10.0. The predicted octanol–water partition coefficient (Wildman–Crippen LogP) is 1.82. The minimum absolute atomic E-state index is 0.0238. The molecule has 0 fully saturated rings. The fraction of sp³-hybridized carbons (Fsp3) is 0.188. The van der Waals surface area contributed by atoms with Crippen LogP contribution in [0, 0.1) is 5.82 Å². The number of aliphatic imine (C=N–C) groups is 1. The van der Waals surface area contributed by atoms with Crippen molar-refractivity contribution in [2.24, 2.45) is 4.99 Å². The fourth-order valence-electron chi connectivity index (χ4n) is 2.36. The highest BCUT2D eigenvalue weighted by atomic mass is 35.5. The van der Waals surface area contributed by atoms with Crippen molar-refractivity contribution in [1.82, 2.24) is 15.8 Å². The monoisotopic (exact) mass is 425 g/mol. The van der Waals surface area contributed by atoms with Crippen LogP contribution in [-0.4, -0.2) is 27.1 Å². The molecule has 0 radical (unpaired) electrons. The van der Waals surface area contributed by atoms with E-state index < -0.39 is 16.7 Å². The van der Waals surface area contributed by atoms with Crippen LogP contribution in [0.25, 0.3) is 0 Å². The van der Waals surface area contributed by atoms with E-state index in [4.69, 9.17) is 22.0 Å². The second-order valence-corrected chi connectivity index (χ2v) is 7.08. The Balaban J connectivity index is 1.67. The number of nitrogens with one attached hydrogen (secondary N) is 1. The zero-order valence-corrected chi connectivity index (χ0v) is 15.7. The lowest BCUT2D eigenvalue weighted by Crippen LogP contribution is -2.38. The van der Waals surface area contributed by atoms with E-state index in [9.17, 15) is 19.2 Å². The number of nitrogens with zero attached hydrogens (tertiary/aromatic N) is 3. The van der Waals surface area contributed by atoms with Crippen LogP contribution >= 0.6 is 23.4 Å². The van der Waals surface area contributed by atoms with Crippen molar-refractivity contribution in [2.75, 3.05) is 11.5 Å². The van der Waals surface area contributed by atoms with Crippen molar-refractivity contribution in [2.45, 2.75) is 17.9 Å². The number of hydrogen-bond acceptors (Lipinski definition) is 9. The molecule has 0 aliphatic heterocycles. The SMILES string of the molecule is Nc1c(CCCSc2nonc2C(=Nc2ccc(F)c(Cl)c2)NO)c(=O)c1=O. The van der Waals surface area contributed by atoms with Crippen molar-refractivity contribution >= 4 is 40.6 Å². The molecule has 0 aliphatic carbocycles. The van der Waals surface area contributed by atoms with Crippen LogP contribution in [0.3, 0.4) is 0 Å². The van der Waals surface area contributed by atoms with Gasteiger partial charge in [0, 0.05) is 11.3 Å². The van der Waals surface area contributed by atoms with Gasteiger partial charge in [0.15, 0.2) is 16.6 Å². The standard InChI is InChI=1S/C16H13ClFN5O4S/c17-9-6-7(3-4-10(9)18)20-15(21-26)12-16(23-27-22-12)28-5-1-2-8-11(19)14(25)13(8)24/h3-4,6,26H,1-2,5,19H2,(H,20,21). The summed E-state index contributed by atoms with van der Waals surface area (Å²) < 4.78 is 17.9. The van der Waals surface area contributed by atoms with E-state index in [0.717, 1.165) is 6.07 Å². The lowest BCUT2D eigenvalue weighted by molar-refractivity contribution is 0.234. The molecule has 28 heavy (non-hydrogen) atoms. The number of benzene rings is 1. The van der Waals surface area contributed by atoms with Crippen LogP contribution in [0.4, 0.5) is 15.8 Å². The maximum absolute atomic E-state index is 13.2. The number of thioether (sulfide) groups is 1. The Hall–Kier alpha value is -2.76. The Labute approximate surface area is 166 Å². The van der Waals surface area contributed by atoms with Crippen LogP contribution in [0.2, 0.25) is 5.02 Å². The first kappa shape index (κ1) is 20.0. The minimum Gasteiger partial charge on any atom is -0.395 e. The number of amidine groups is 1. The summed E-state index contributed by atoms with van der Waals surface area (Å²) in [6.07, 6.45) is 0.927. The number of aromatic nitrogens is 2. The molecule has 1 heterocycles. The lowest BCUT2D eigenvalue weighted by Gasteiger charge is -2.06. The summed E-state index contributed by atoms with van der Waals surface area (Å²) in [4.78, 5) is 26.6. The Morgan fingerprint density at radius 3 is 2.82 bits per heavy atom. The van der Waals surface area contributed by atoms with E-state index in [2.05, 4.69) is 15.3 Å². The first-order valence-electron chi connectivity index (χ1n) is 7.89. The Morgan fingerprint density at radius 2 is 2.14 bits per heavy atom. The average molecular weight is 426 g/mol. The predicted molar refractivity (Wildman–Crippen MR) is 102 cm³/mol. The van der Waals surface area contributed by atoms with Crippen LogP contribution in [-0.2, 0) is 6.42 Å². The second kappa shape index (κ2) is 8.50. The summed E-state index contributed by atoms with van der Waals surface area (Å²) in [5, 5.41) is 17.1. The molecule has 0 saturated heterocycles.